The molecule has 0 saturated heterocycles. The highest BCUT2D eigenvalue weighted by atomic mass is 16.6. The summed E-state index contributed by atoms with van der Waals surface area (Å²) in [5.74, 6) is -0.224. The van der Waals surface area contributed by atoms with E-state index in [4.69, 9.17) is 9.47 Å². The van der Waals surface area contributed by atoms with E-state index >= 15 is 0 Å². The van der Waals surface area contributed by atoms with Crippen molar-refractivity contribution in [2.45, 2.75) is 174 Å². The number of esters is 1. The number of unbranched alkanes of at least 4 members (excludes halogenated alkanes) is 12. The zero-order valence-corrected chi connectivity index (χ0v) is 34.2. The molecule has 1 N–H and O–H groups in total. The molecule has 0 amide bonds. The maximum Gasteiger partial charge on any atom is 0.306 e. The summed E-state index contributed by atoms with van der Waals surface area (Å²) in [6, 6.07) is 0. The van der Waals surface area contributed by atoms with Crippen LogP contribution in [0.3, 0.4) is 0 Å². The van der Waals surface area contributed by atoms with Gasteiger partial charge in [-0.15, -0.1) is 0 Å². The van der Waals surface area contributed by atoms with E-state index in [-0.39, 0.29) is 19.2 Å². The Bertz CT molecular complexity index is 1040. The van der Waals surface area contributed by atoms with Crippen LogP contribution in [0, 0.1) is 0 Å². The summed E-state index contributed by atoms with van der Waals surface area (Å²) in [5.41, 5.74) is 0. The first-order valence-corrected chi connectivity index (χ1v) is 21.5. The van der Waals surface area contributed by atoms with E-state index in [1.54, 1.807) is 0 Å². The van der Waals surface area contributed by atoms with Gasteiger partial charge in [0.25, 0.3) is 0 Å². The molecule has 1 atom stereocenters. The van der Waals surface area contributed by atoms with Gasteiger partial charge in [-0.1, -0.05) is 175 Å². The first kappa shape index (κ1) is 50.1. The van der Waals surface area contributed by atoms with Gasteiger partial charge < -0.3 is 14.6 Å². The highest BCUT2D eigenvalue weighted by Crippen LogP contribution is 2.12. The summed E-state index contributed by atoms with van der Waals surface area (Å²) in [4.78, 5) is 12.2. The van der Waals surface area contributed by atoms with Gasteiger partial charge in [0.05, 0.1) is 13.2 Å². The van der Waals surface area contributed by atoms with Crippen LogP contribution in [0.5, 0.6) is 0 Å². The molecule has 0 saturated carbocycles. The van der Waals surface area contributed by atoms with Gasteiger partial charge in [-0.3, -0.25) is 4.79 Å². The highest BCUT2D eigenvalue weighted by molar-refractivity contribution is 5.69. The summed E-state index contributed by atoms with van der Waals surface area (Å²) in [7, 11) is 0. The number of ether oxygens (including phenoxy) is 2. The minimum Gasteiger partial charge on any atom is -0.457 e. The van der Waals surface area contributed by atoms with Gasteiger partial charge in [-0.2, -0.15) is 0 Å². The van der Waals surface area contributed by atoms with Gasteiger partial charge in [-0.05, 0) is 96.3 Å². The molecule has 0 spiro atoms. The fourth-order valence-electron chi connectivity index (χ4n) is 5.46. The van der Waals surface area contributed by atoms with Gasteiger partial charge in [0.1, 0.15) is 6.10 Å². The molecule has 0 aliphatic rings. The van der Waals surface area contributed by atoms with Crippen LogP contribution in [0.15, 0.2) is 109 Å². The predicted molar refractivity (Wildman–Crippen MR) is 232 cm³/mol. The molecular formula is C49H80O4. The van der Waals surface area contributed by atoms with Crippen LogP contribution in [0.4, 0.5) is 0 Å². The number of aliphatic hydroxyl groups is 1. The average molecular weight is 733 g/mol. The average Bonchev–Trinajstić information content (AvgIpc) is 3.16. The second-order valence-corrected chi connectivity index (χ2v) is 13.6. The molecular weight excluding hydrogens is 653 g/mol. The molecule has 0 aromatic rings. The maximum absolute atomic E-state index is 12.2. The van der Waals surface area contributed by atoms with Crippen LogP contribution in [-0.4, -0.2) is 37.0 Å². The van der Waals surface area contributed by atoms with Crippen LogP contribution in [-0.2, 0) is 14.3 Å². The highest BCUT2D eigenvalue weighted by Gasteiger charge is 2.13. The quantitative estimate of drug-likeness (QED) is 0.0390. The van der Waals surface area contributed by atoms with Crippen molar-refractivity contribution >= 4 is 5.97 Å². The van der Waals surface area contributed by atoms with E-state index in [9.17, 15) is 9.90 Å². The van der Waals surface area contributed by atoms with E-state index in [0.717, 1.165) is 96.3 Å². The summed E-state index contributed by atoms with van der Waals surface area (Å²) in [5, 5.41) is 9.60. The molecule has 1 unspecified atom stereocenters. The molecule has 4 heteroatoms. The van der Waals surface area contributed by atoms with Gasteiger partial charge in [0, 0.05) is 13.0 Å². The summed E-state index contributed by atoms with van der Waals surface area (Å²) >= 11 is 0. The van der Waals surface area contributed by atoms with E-state index in [1.807, 2.05) is 0 Å². The molecule has 0 heterocycles. The molecule has 0 fully saturated rings. The number of hydrogen-bond acceptors (Lipinski definition) is 4. The smallest absolute Gasteiger partial charge is 0.306 e. The zero-order valence-electron chi connectivity index (χ0n) is 34.2. The van der Waals surface area contributed by atoms with Crippen LogP contribution in [0.1, 0.15) is 168 Å². The second kappa shape index (κ2) is 45.2. The monoisotopic (exact) mass is 733 g/mol. The Labute approximate surface area is 327 Å². The molecule has 0 bridgehead atoms. The number of aliphatic hydroxyl groups excluding tert-OH is 1. The largest absolute Gasteiger partial charge is 0.457 e. The van der Waals surface area contributed by atoms with Crippen molar-refractivity contribution in [2.24, 2.45) is 0 Å². The van der Waals surface area contributed by atoms with Crippen molar-refractivity contribution in [3.63, 3.8) is 0 Å². The minimum atomic E-state index is -0.562. The predicted octanol–water partition coefficient (Wildman–Crippen LogP) is 14.3. The van der Waals surface area contributed by atoms with Crippen LogP contribution < -0.4 is 0 Å². The number of allylic oxidation sites excluding steroid dienone is 18. The first-order chi connectivity index (χ1) is 26.2. The van der Waals surface area contributed by atoms with E-state index in [0.29, 0.717) is 13.0 Å². The number of carbonyl (C=O) groups excluding carboxylic acids is 1. The third-order valence-corrected chi connectivity index (χ3v) is 8.59. The minimum absolute atomic E-state index is 0.195. The lowest BCUT2D eigenvalue weighted by Gasteiger charge is -2.15. The second-order valence-electron chi connectivity index (χ2n) is 13.6. The molecule has 53 heavy (non-hydrogen) atoms. The number of hydrogen-bond donors (Lipinski definition) is 1. The molecule has 0 aromatic carbocycles. The van der Waals surface area contributed by atoms with Gasteiger partial charge in [-0.25, -0.2) is 0 Å². The molecule has 0 radical (unpaired) electrons. The van der Waals surface area contributed by atoms with E-state index in [1.165, 1.54) is 51.4 Å². The summed E-state index contributed by atoms with van der Waals surface area (Å²) < 4.78 is 11.1. The third kappa shape index (κ3) is 43.3. The maximum atomic E-state index is 12.2. The zero-order chi connectivity index (χ0) is 38.4. The van der Waals surface area contributed by atoms with Gasteiger partial charge in [0.2, 0.25) is 0 Å². The lowest BCUT2D eigenvalue weighted by Crippen LogP contribution is -2.27. The standard InChI is InChI=1S/C49H80O4/c1-3-5-7-9-11-13-15-17-19-21-22-23-24-25-26-27-28-29-30-32-34-36-38-40-42-44-49(51)53-48(46-50)47-52-45-43-41-39-37-35-33-31-20-18-16-14-12-10-8-6-4-2/h5-8,11-14,17-20,22-23,25-26,33,35,48,50H,3-4,9-10,15-16,21,24,27-32,34,36-47H2,1-2H3/b7-5-,8-6-,13-11-,14-12-,19-17-,20-18-,23-22-,26-25-,35-33-. The fourth-order valence-corrected chi connectivity index (χ4v) is 5.46. The Morgan fingerprint density at radius 1 is 0.453 bits per heavy atom. The Morgan fingerprint density at radius 3 is 1.19 bits per heavy atom. The lowest BCUT2D eigenvalue weighted by molar-refractivity contribution is -0.154. The molecule has 300 valence electrons. The van der Waals surface area contributed by atoms with Crippen molar-refractivity contribution in [3.8, 4) is 0 Å². The summed E-state index contributed by atoms with van der Waals surface area (Å²) in [6.07, 6.45) is 65.8. The SMILES string of the molecule is CC/C=C\C/C=C\C/C=C\C/C=C\C/C=C\CCCCCCCCCCCC(=O)OC(CO)COCCCCC/C=C\C/C=C\C/C=C\C/C=C\CC. The van der Waals surface area contributed by atoms with Crippen molar-refractivity contribution in [3.05, 3.63) is 109 Å². The van der Waals surface area contributed by atoms with Crippen molar-refractivity contribution in [1.82, 2.24) is 0 Å². The molecule has 0 aliphatic heterocycles. The number of rotatable bonds is 38. The Kier molecular flexibility index (Phi) is 42.7. The van der Waals surface area contributed by atoms with Crippen molar-refractivity contribution in [2.75, 3.05) is 19.8 Å². The fraction of sp³-hybridized carbons (Fsp3) is 0.612. The van der Waals surface area contributed by atoms with Gasteiger partial charge >= 0.3 is 5.97 Å². The van der Waals surface area contributed by atoms with Crippen molar-refractivity contribution < 1.29 is 19.4 Å². The van der Waals surface area contributed by atoms with E-state index in [2.05, 4.69) is 123 Å². The first-order valence-electron chi connectivity index (χ1n) is 21.5. The Balaban J connectivity index is 3.54. The Hall–Kier alpha value is -2.95. The number of carbonyl (C=O) groups is 1. The molecule has 4 nitrogen and oxygen atoms in total. The van der Waals surface area contributed by atoms with Crippen LogP contribution in [0.25, 0.3) is 0 Å². The third-order valence-electron chi connectivity index (χ3n) is 8.59. The molecule has 0 rings (SSSR count). The molecule has 0 aliphatic carbocycles. The van der Waals surface area contributed by atoms with Gasteiger partial charge in [0.15, 0.2) is 0 Å². The lowest BCUT2D eigenvalue weighted by atomic mass is 10.1. The van der Waals surface area contributed by atoms with Crippen molar-refractivity contribution in [1.29, 1.82) is 0 Å². The Morgan fingerprint density at radius 2 is 0.792 bits per heavy atom. The molecule has 0 aromatic heterocycles. The van der Waals surface area contributed by atoms with Crippen LogP contribution >= 0.6 is 0 Å². The van der Waals surface area contributed by atoms with E-state index < -0.39 is 6.10 Å². The summed E-state index contributed by atoms with van der Waals surface area (Å²) in [6.45, 7) is 5.02. The van der Waals surface area contributed by atoms with Crippen LogP contribution in [0.2, 0.25) is 0 Å². The topological polar surface area (TPSA) is 55.8 Å². The normalized spacial score (nSPS) is 13.5.